The maximum atomic E-state index is 5.55. The Morgan fingerprint density at radius 1 is 0.144 bits per heavy atom. The molecule has 0 amide bonds. The van der Waals surface area contributed by atoms with Crippen molar-refractivity contribution in [3.63, 3.8) is 0 Å². The van der Waals surface area contributed by atoms with Gasteiger partial charge in [0.25, 0.3) is 0 Å². The second-order valence-electron chi connectivity index (χ2n) is 30.6. The molecule has 0 atom stereocenters. The first-order valence-electron chi connectivity index (χ1n) is 40.1. The zero-order valence-electron chi connectivity index (χ0n) is 63.7. The number of benzene rings is 20. The number of nitrogens with zero attached hydrogens (tertiary/aromatic N) is 8. The van der Waals surface area contributed by atoms with Gasteiger partial charge in [-0.2, -0.15) is 0 Å². The molecular weight excluding hydrogens is 1430 g/mol. The van der Waals surface area contributed by atoms with Gasteiger partial charge in [0, 0.05) is 60.6 Å². The fraction of sp³-hybridized carbons (Fsp3) is 0. The fourth-order valence-corrected chi connectivity index (χ4v) is 18.9. The molecule has 0 saturated heterocycles. The van der Waals surface area contributed by atoms with Crippen LogP contribution in [0.4, 0.5) is 0 Å². The molecule has 546 valence electrons. The second kappa shape index (κ2) is 26.9. The van der Waals surface area contributed by atoms with Crippen LogP contribution in [0, 0.1) is 0 Å². The molecule has 0 saturated carbocycles. The van der Waals surface area contributed by atoms with Gasteiger partial charge in [0.1, 0.15) is 0 Å². The van der Waals surface area contributed by atoms with E-state index in [0.29, 0.717) is 34.9 Å². The van der Waals surface area contributed by atoms with Gasteiger partial charge in [0.05, 0.1) is 27.8 Å². The summed E-state index contributed by atoms with van der Waals surface area (Å²) in [5.74, 6) is 3.57. The van der Waals surface area contributed by atoms with E-state index in [0.717, 1.165) is 106 Å². The minimum absolute atomic E-state index is 0.588. The lowest BCUT2D eigenvalue weighted by Crippen LogP contribution is -2.04. The largest absolute Gasteiger partial charge is 0.309 e. The number of hydrogen-bond acceptors (Lipinski definition) is 6. The normalized spacial score (nSPS) is 11.9. The van der Waals surface area contributed by atoms with E-state index in [2.05, 4.69) is 373 Å². The van der Waals surface area contributed by atoms with E-state index in [1.54, 1.807) is 0 Å². The van der Waals surface area contributed by atoms with Crippen molar-refractivity contribution < 1.29 is 0 Å². The van der Waals surface area contributed by atoms with E-state index < -0.39 is 0 Å². The summed E-state index contributed by atoms with van der Waals surface area (Å²) in [5.41, 5.74) is 18.5. The van der Waals surface area contributed by atoms with Gasteiger partial charge in [0.2, 0.25) is 0 Å². The first-order chi connectivity index (χ1) is 58.5. The van der Waals surface area contributed by atoms with Crippen molar-refractivity contribution in [2.45, 2.75) is 0 Å². The summed E-state index contributed by atoms with van der Waals surface area (Å²) in [4.78, 5) is 32.4. The molecule has 24 rings (SSSR count). The Balaban J connectivity index is 0.604. The summed E-state index contributed by atoms with van der Waals surface area (Å²) in [6.45, 7) is 0. The fourth-order valence-electron chi connectivity index (χ4n) is 18.9. The van der Waals surface area contributed by atoms with Gasteiger partial charge in [0.15, 0.2) is 34.9 Å². The molecule has 0 aliphatic rings. The topological polar surface area (TPSA) is 87.2 Å². The van der Waals surface area contributed by atoms with E-state index in [1.807, 2.05) is 36.4 Å². The zero-order valence-corrected chi connectivity index (χ0v) is 63.7. The molecule has 0 spiro atoms. The molecule has 0 aliphatic heterocycles. The summed E-state index contributed by atoms with van der Waals surface area (Å²) in [5, 5.41) is 24.0. The molecule has 0 fully saturated rings. The quantitative estimate of drug-likeness (QED) is 0.120. The molecule has 4 heterocycles. The van der Waals surface area contributed by atoms with Gasteiger partial charge in [-0.15, -0.1) is 0 Å². The van der Waals surface area contributed by atoms with Gasteiger partial charge in [-0.25, -0.2) is 29.9 Å². The van der Waals surface area contributed by atoms with Crippen molar-refractivity contribution in [2.24, 2.45) is 0 Å². The maximum Gasteiger partial charge on any atom is 0.166 e. The van der Waals surface area contributed by atoms with Crippen LogP contribution >= 0.6 is 0 Å². The van der Waals surface area contributed by atoms with Crippen molar-refractivity contribution in [3.05, 3.63) is 400 Å². The van der Waals surface area contributed by atoms with Gasteiger partial charge in [-0.3, -0.25) is 0 Å². The Morgan fingerprint density at radius 2 is 0.441 bits per heavy atom. The van der Waals surface area contributed by atoms with Crippen molar-refractivity contribution in [2.75, 3.05) is 0 Å². The summed E-state index contributed by atoms with van der Waals surface area (Å²) in [6.07, 6.45) is 0. The van der Waals surface area contributed by atoms with E-state index in [9.17, 15) is 0 Å². The highest BCUT2D eigenvalue weighted by atomic mass is 15.1. The first-order valence-corrected chi connectivity index (χ1v) is 40.1. The molecule has 8 nitrogen and oxygen atoms in total. The highest BCUT2D eigenvalue weighted by Crippen LogP contribution is 2.49. The molecule has 0 N–H and O–H groups in total. The van der Waals surface area contributed by atoms with Crippen LogP contribution in [0.25, 0.3) is 243 Å². The average molecular weight is 1500 g/mol. The number of aromatic nitrogens is 8. The van der Waals surface area contributed by atoms with Crippen LogP contribution in [0.15, 0.2) is 400 Å². The van der Waals surface area contributed by atoms with Crippen LogP contribution in [-0.2, 0) is 0 Å². The van der Waals surface area contributed by atoms with E-state index >= 15 is 0 Å². The van der Waals surface area contributed by atoms with Crippen molar-refractivity contribution in [1.82, 2.24) is 39.0 Å². The third-order valence-corrected chi connectivity index (χ3v) is 24.2. The van der Waals surface area contributed by atoms with Crippen LogP contribution in [0.5, 0.6) is 0 Å². The maximum absolute atomic E-state index is 5.55. The number of rotatable bonds is 11. The monoisotopic (exact) mass is 1500 g/mol. The van der Waals surface area contributed by atoms with Crippen molar-refractivity contribution >= 4 is 130 Å². The Kier molecular flexibility index (Phi) is 15.2. The van der Waals surface area contributed by atoms with Crippen molar-refractivity contribution in [3.8, 4) is 113 Å². The summed E-state index contributed by atoms with van der Waals surface area (Å²) < 4.78 is 4.74. The SMILES string of the molecule is c1ccc(-c2nc(-c3ccc(-n4c5ccccc5c5cc(-c6ccc7c(c6)c6ccccc6c6cc(-c8ccccc8-c8nc(-c9ccccc9)nc(-c9ccccc9-n9c%10ccccc%10c%10ccccc%109)n8)c8ccccc8c76)ccc54)cc3)nc(-c3ccccc3-c3cc4c5ccccc5c5ccccc5c4c4ccccc34)n2)cc1. The molecule has 0 bridgehead atoms. The minimum atomic E-state index is 0.588. The summed E-state index contributed by atoms with van der Waals surface area (Å²) >= 11 is 0. The minimum Gasteiger partial charge on any atom is -0.309 e. The lowest BCUT2D eigenvalue weighted by molar-refractivity contribution is 1.06. The molecule has 8 heteroatoms. The molecular formula is C110H66N8. The van der Waals surface area contributed by atoms with Crippen molar-refractivity contribution in [1.29, 1.82) is 0 Å². The van der Waals surface area contributed by atoms with E-state index in [1.165, 1.54) is 102 Å². The van der Waals surface area contributed by atoms with Crippen LogP contribution in [-0.4, -0.2) is 39.0 Å². The number of para-hydroxylation sites is 4. The Bertz CT molecular complexity index is 8260. The smallest absolute Gasteiger partial charge is 0.166 e. The summed E-state index contributed by atoms with van der Waals surface area (Å²) in [7, 11) is 0. The van der Waals surface area contributed by atoms with Gasteiger partial charge in [-0.05, 0) is 204 Å². The lowest BCUT2D eigenvalue weighted by Gasteiger charge is -2.18. The molecule has 0 aliphatic carbocycles. The molecule has 24 aromatic rings. The second-order valence-corrected chi connectivity index (χ2v) is 30.6. The predicted octanol–water partition coefficient (Wildman–Crippen LogP) is 28.5. The molecule has 4 aromatic heterocycles. The Labute approximate surface area is 677 Å². The van der Waals surface area contributed by atoms with Gasteiger partial charge < -0.3 is 9.13 Å². The molecule has 118 heavy (non-hydrogen) atoms. The van der Waals surface area contributed by atoms with Crippen LogP contribution in [0.3, 0.4) is 0 Å². The first kappa shape index (κ1) is 66.7. The van der Waals surface area contributed by atoms with E-state index in [-0.39, 0.29) is 0 Å². The number of hydrogen-bond donors (Lipinski definition) is 0. The standard InChI is InChI=1S/C110H66N8/c1-3-29-67(30-4-1)105-111-107(114-108(112-105)89-48-19-14-40-80(89)93-65-96-76-36-9-7-33-73(76)74-34-11-16-45-85(74)103(96)86-46-17-12-38-78(86)93)69-55-59-72(60-56-69)117-98-51-25-23-44-84(98)95-64-71(58-62-102(95)117)70-57-61-88-92(63-70)75-35-8-10-37-77(75)97-66-94(79-39-13-18-47-87(79)104(88)97)81-41-15-20-49-90(81)109-113-106(68-31-5-2-6-32-68)115-110(116-109)91-50-24-28-54-101(91)118-99-52-26-21-42-82(99)83-43-22-27-53-100(83)118/h1-66H. The Morgan fingerprint density at radius 3 is 0.941 bits per heavy atom. The third kappa shape index (κ3) is 10.6. The molecule has 20 aromatic carbocycles. The third-order valence-electron chi connectivity index (χ3n) is 24.2. The van der Waals surface area contributed by atoms with E-state index in [4.69, 9.17) is 29.9 Å². The zero-order chi connectivity index (χ0) is 77.5. The highest BCUT2D eigenvalue weighted by Gasteiger charge is 2.26. The molecule has 0 unspecified atom stereocenters. The van der Waals surface area contributed by atoms with Crippen LogP contribution in [0.1, 0.15) is 0 Å². The summed E-state index contributed by atoms with van der Waals surface area (Å²) in [6, 6.07) is 144. The lowest BCUT2D eigenvalue weighted by atomic mass is 9.85. The van der Waals surface area contributed by atoms with Crippen LogP contribution < -0.4 is 0 Å². The Hall–Kier alpha value is -15.9. The molecule has 0 radical (unpaired) electrons. The number of fused-ring (bicyclic) bond motifs is 22. The van der Waals surface area contributed by atoms with Gasteiger partial charge in [-0.1, -0.05) is 315 Å². The van der Waals surface area contributed by atoms with Gasteiger partial charge >= 0.3 is 0 Å². The predicted molar refractivity (Wildman–Crippen MR) is 491 cm³/mol. The highest BCUT2D eigenvalue weighted by molar-refractivity contribution is 6.35. The average Bonchev–Trinajstić information content (AvgIpc) is 1.22. The van der Waals surface area contributed by atoms with Crippen LogP contribution in [0.2, 0.25) is 0 Å².